The number of hydrazone groups is 1. The van der Waals surface area contributed by atoms with E-state index in [1.807, 2.05) is 61.5 Å². The lowest BCUT2D eigenvalue weighted by Gasteiger charge is -2.17. The molecule has 0 bridgehead atoms. The van der Waals surface area contributed by atoms with E-state index in [2.05, 4.69) is 26.5 Å². The van der Waals surface area contributed by atoms with Crippen molar-refractivity contribution in [1.29, 1.82) is 0 Å². The fourth-order valence-corrected chi connectivity index (χ4v) is 3.30. The minimum absolute atomic E-state index is 0.115. The Hall–Kier alpha value is -1.98. The van der Waals surface area contributed by atoms with E-state index in [1.54, 1.807) is 6.21 Å². The summed E-state index contributed by atoms with van der Waals surface area (Å²) in [5, 5.41) is 4.07. The molecule has 0 aliphatic heterocycles. The lowest BCUT2D eigenvalue weighted by molar-refractivity contribution is -0.124. The van der Waals surface area contributed by atoms with Crippen LogP contribution in [0.15, 0.2) is 64.2 Å². The van der Waals surface area contributed by atoms with Crippen LogP contribution in [0.25, 0.3) is 0 Å². The number of hydrogen-bond donors (Lipinski definition) is 1. The highest BCUT2D eigenvalue weighted by molar-refractivity contribution is 9.10. The lowest BCUT2D eigenvalue weighted by Crippen LogP contribution is -2.26. The third-order valence-electron chi connectivity index (χ3n) is 4.17. The molecular formula is C19H19BrN2O2. The van der Waals surface area contributed by atoms with Gasteiger partial charge in [-0.05, 0) is 25.0 Å². The molecule has 0 spiro atoms. The molecular weight excluding hydrogens is 368 g/mol. The molecule has 2 aromatic rings. The van der Waals surface area contributed by atoms with Gasteiger partial charge in [0, 0.05) is 16.6 Å². The van der Waals surface area contributed by atoms with Crippen LogP contribution in [0.4, 0.5) is 0 Å². The number of benzene rings is 2. The van der Waals surface area contributed by atoms with Crippen LogP contribution in [0.3, 0.4) is 0 Å². The molecule has 3 rings (SSSR count). The van der Waals surface area contributed by atoms with Crippen molar-refractivity contribution < 1.29 is 9.53 Å². The van der Waals surface area contributed by atoms with Crippen LogP contribution in [0, 0.1) is 5.92 Å². The average Bonchev–Trinajstić information content (AvgIpc) is 3.33. The fraction of sp³-hybridized carbons (Fsp3) is 0.263. The highest BCUT2D eigenvalue weighted by Crippen LogP contribution is 2.55. The van der Waals surface area contributed by atoms with Crippen molar-refractivity contribution in [2.75, 3.05) is 6.61 Å². The zero-order valence-corrected chi connectivity index (χ0v) is 15.0. The summed E-state index contributed by atoms with van der Waals surface area (Å²) >= 11 is 3.45. The molecule has 5 heteroatoms. The van der Waals surface area contributed by atoms with Crippen LogP contribution >= 0.6 is 15.9 Å². The maximum Gasteiger partial charge on any atom is 0.246 e. The summed E-state index contributed by atoms with van der Waals surface area (Å²) in [6.45, 7) is 2.52. The summed E-state index contributed by atoms with van der Waals surface area (Å²) in [4.78, 5) is 12.4. The normalized spacial score (nSPS) is 22.5. The highest BCUT2D eigenvalue weighted by Gasteiger charge is 2.60. The maximum atomic E-state index is 12.4. The van der Waals surface area contributed by atoms with Crippen molar-refractivity contribution in [2.45, 2.75) is 18.9 Å². The van der Waals surface area contributed by atoms with Crippen LogP contribution < -0.4 is 5.43 Å². The number of ether oxygens (including phenoxy) is 1. The number of amides is 1. The van der Waals surface area contributed by atoms with Crippen LogP contribution in [-0.2, 0) is 15.1 Å². The summed E-state index contributed by atoms with van der Waals surface area (Å²) in [6, 6.07) is 17.6. The van der Waals surface area contributed by atoms with Gasteiger partial charge in [-0.25, -0.2) is 5.43 Å². The zero-order valence-electron chi connectivity index (χ0n) is 13.4. The smallest absolute Gasteiger partial charge is 0.246 e. The van der Waals surface area contributed by atoms with Crippen molar-refractivity contribution in [3.05, 3.63) is 70.2 Å². The van der Waals surface area contributed by atoms with Gasteiger partial charge in [0.15, 0.2) is 0 Å². The van der Waals surface area contributed by atoms with Crippen LogP contribution in [0.5, 0.6) is 0 Å². The van der Waals surface area contributed by atoms with Gasteiger partial charge < -0.3 is 4.74 Å². The number of nitrogens with zero attached hydrogens (tertiary/aromatic N) is 1. The summed E-state index contributed by atoms with van der Waals surface area (Å²) < 4.78 is 6.86. The Morgan fingerprint density at radius 1 is 1.29 bits per heavy atom. The van der Waals surface area contributed by atoms with E-state index in [9.17, 15) is 4.79 Å². The van der Waals surface area contributed by atoms with Gasteiger partial charge in [-0.3, -0.25) is 4.79 Å². The lowest BCUT2D eigenvalue weighted by atomic mass is 10.1. The molecule has 1 aliphatic carbocycles. The van der Waals surface area contributed by atoms with E-state index in [1.165, 1.54) is 0 Å². The van der Waals surface area contributed by atoms with Crippen LogP contribution in [0.1, 0.15) is 24.5 Å². The van der Waals surface area contributed by atoms with E-state index < -0.39 is 5.60 Å². The number of carbonyl (C=O) groups is 1. The Labute approximate surface area is 150 Å². The molecule has 0 heterocycles. The molecule has 2 atom stereocenters. The Bertz CT molecular complexity index is 748. The van der Waals surface area contributed by atoms with Crippen molar-refractivity contribution in [3.63, 3.8) is 0 Å². The predicted octanol–water partition coefficient (Wildman–Crippen LogP) is 3.85. The topological polar surface area (TPSA) is 50.7 Å². The quantitative estimate of drug-likeness (QED) is 0.605. The molecule has 24 heavy (non-hydrogen) atoms. The van der Waals surface area contributed by atoms with Crippen LogP contribution in [0.2, 0.25) is 0 Å². The molecule has 0 saturated heterocycles. The van der Waals surface area contributed by atoms with Gasteiger partial charge in [-0.15, -0.1) is 0 Å². The van der Waals surface area contributed by atoms with Gasteiger partial charge in [-0.2, -0.15) is 5.10 Å². The zero-order chi connectivity index (χ0) is 17.0. The van der Waals surface area contributed by atoms with Crippen molar-refractivity contribution >= 4 is 28.1 Å². The molecule has 0 aromatic heterocycles. The summed E-state index contributed by atoms with van der Waals surface area (Å²) in [5.41, 5.74) is 4.08. The number of hydrogen-bond acceptors (Lipinski definition) is 3. The van der Waals surface area contributed by atoms with E-state index in [4.69, 9.17) is 4.74 Å². The summed E-state index contributed by atoms with van der Waals surface area (Å²) in [6.07, 6.45) is 2.32. The Kier molecular flexibility index (Phi) is 5.11. The van der Waals surface area contributed by atoms with Crippen molar-refractivity contribution in [2.24, 2.45) is 11.0 Å². The summed E-state index contributed by atoms with van der Waals surface area (Å²) in [7, 11) is 0. The SMILES string of the molecule is CCOC1(c2ccccc2)CC1C(=O)NN=Cc1ccccc1Br. The number of rotatable bonds is 6. The molecule has 4 nitrogen and oxygen atoms in total. The first-order valence-electron chi connectivity index (χ1n) is 7.94. The monoisotopic (exact) mass is 386 g/mol. The van der Waals surface area contributed by atoms with Gasteiger partial charge in [0.25, 0.3) is 0 Å². The first-order chi connectivity index (χ1) is 11.7. The molecule has 2 unspecified atom stereocenters. The second-order valence-corrected chi connectivity index (χ2v) is 6.56. The number of nitrogens with one attached hydrogen (secondary N) is 1. The first-order valence-corrected chi connectivity index (χ1v) is 8.73. The predicted molar refractivity (Wildman–Crippen MR) is 97.7 cm³/mol. The van der Waals surface area contributed by atoms with E-state index in [0.717, 1.165) is 15.6 Å². The van der Waals surface area contributed by atoms with Gasteiger partial charge in [-0.1, -0.05) is 64.5 Å². The Morgan fingerprint density at radius 2 is 2.00 bits per heavy atom. The largest absolute Gasteiger partial charge is 0.370 e. The third-order valence-corrected chi connectivity index (χ3v) is 4.90. The molecule has 1 N–H and O–H groups in total. The fourth-order valence-electron chi connectivity index (χ4n) is 2.91. The average molecular weight is 387 g/mol. The van der Waals surface area contributed by atoms with E-state index in [-0.39, 0.29) is 11.8 Å². The molecule has 1 aliphatic rings. The van der Waals surface area contributed by atoms with Gasteiger partial charge in [0.2, 0.25) is 5.91 Å². The molecule has 1 saturated carbocycles. The third kappa shape index (κ3) is 3.42. The standard InChI is InChI=1S/C19H19BrN2O2/c1-2-24-19(15-9-4-3-5-10-15)12-16(19)18(23)22-21-13-14-8-6-7-11-17(14)20/h3-11,13,16H,2,12H2,1H3,(H,22,23). The summed E-state index contributed by atoms with van der Waals surface area (Å²) in [5.74, 6) is -0.327. The maximum absolute atomic E-state index is 12.4. The Morgan fingerprint density at radius 3 is 2.71 bits per heavy atom. The van der Waals surface area contributed by atoms with Gasteiger partial charge in [0.05, 0.1) is 12.1 Å². The molecule has 1 amide bonds. The van der Waals surface area contributed by atoms with Crippen LogP contribution in [-0.4, -0.2) is 18.7 Å². The minimum atomic E-state index is -0.511. The van der Waals surface area contributed by atoms with E-state index in [0.29, 0.717) is 13.0 Å². The van der Waals surface area contributed by atoms with Crippen molar-refractivity contribution in [1.82, 2.24) is 5.43 Å². The second-order valence-electron chi connectivity index (χ2n) is 5.70. The van der Waals surface area contributed by atoms with E-state index >= 15 is 0 Å². The van der Waals surface area contributed by atoms with Gasteiger partial charge >= 0.3 is 0 Å². The Balaban J connectivity index is 1.67. The molecule has 0 radical (unpaired) electrons. The molecule has 1 fully saturated rings. The molecule has 2 aromatic carbocycles. The molecule has 124 valence electrons. The highest BCUT2D eigenvalue weighted by atomic mass is 79.9. The first kappa shape index (κ1) is 16.9. The van der Waals surface area contributed by atoms with Gasteiger partial charge in [0.1, 0.15) is 5.60 Å². The van der Waals surface area contributed by atoms with Crippen molar-refractivity contribution in [3.8, 4) is 0 Å². The number of halogens is 1. The minimum Gasteiger partial charge on any atom is -0.370 e. The second kappa shape index (κ2) is 7.28. The number of carbonyl (C=O) groups excluding carboxylic acids is 1.